The van der Waals surface area contributed by atoms with Crippen molar-refractivity contribution in [2.24, 2.45) is 5.73 Å². The van der Waals surface area contributed by atoms with Crippen molar-refractivity contribution in [3.8, 4) is 0 Å². The van der Waals surface area contributed by atoms with E-state index >= 15 is 0 Å². The smallest absolute Gasteiger partial charge is 0.238 e. The molecule has 0 radical (unpaired) electrons. The molecule has 0 aliphatic carbocycles. The Balaban J connectivity index is 2.33. The van der Waals surface area contributed by atoms with Crippen LogP contribution in [0.4, 0.5) is 5.69 Å². The van der Waals surface area contributed by atoms with E-state index in [2.05, 4.69) is 29.1 Å². The number of aromatic nitrogens is 1. The number of nitrogens with one attached hydrogen (secondary N) is 1. The Hall–Kier alpha value is -1.81. The molecule has 1 aromatic carbocycles. The van der Waals surface area contributed by atoms with Crippen molar-refractivity contribution in [3.63, 3.8) is 0 Å². The summed E-state index contributed by atoms with van der Waals surface area (Å²) in [5.41, 5.74) is 7.21. The normalized spacial score (nSPS) is 10.7. The zero-order chi connectivity index (χ0) is 12.3. The highest BCUT2D eigenvalue weighted by Gasteiger charge is 2.03. The van der Waals surface area contributed by atoms with Gasteiger partial charge in [0, 0.05) is 18.4 Å². The van der Waals surface area contributed by atoms with Crippen molar-refractivity contribution < 1.29 is 4.79 Å². The molecule has 0 saturated carbocycles. The largest absolute Gasteiger partial charge is 0.347 e. The van der Waals surface area contributed by atoms with Gasteiger partial charge >= 0.3 is 0 Å². The molecule has 90 valence electrons. The Morgan fingerprint density at radius 2 is 2.24 bits per heavy atom. The lowest BCUT2D eigenvalue weighted by Gasteiger charge is -2.06. The predicted octanol–water partition coefficient (Wildman–Crippen LogP) is 1.95. The third-order valence-corrected chi connectivity index (χ3v) is 2.71. The molecule has 2 rings (SSSR count). The minimum atomic E-state index is -0.169. The summed E-state index contributed by atoms with van der Waals surface area (Å²) in [6.07, 6.45) is 3.16. The van der Waals surface area contributed by atoms with Gasteiger partial charge in [-0.1, -0.05) is 13.0 Å². The number of rotatable bonds is 4. The van der Waals surface area contributed by atoms with Gasteiger partial charge in [-0.3, -0.25) is 4.79 Å². The van der Waals surface area contributed by atoms with Gasteiger partial charge in [0.25, 0.3) is 0 Å². The molecular formula is C13H17N3O. The fourth-order valence-corrected chi connectivity index (χ4v) is 1.91. The Morgan fingerprint density at radius 3 is 2.94 bits per heavy atom. The second kappa shape index (κ2) is 5.01. The Bertz CT molecular complexity index is 530. The molecule has 2 aromatic rings. The van der Waals surface area contributed by atoms with Crippen molar-refractivity contribution in [3.05, 3.63) is 30.5 Å². The monoisotopic (exact) mass is 231 g/mol. The fourth-order valence-electron chi connectivity index (χ4n) is 1.91. The van der Waals surface area contributed by atoms with E-state index in [0.717, 1.165) is 24.2 Å². The van der Waals surface area contributed by atoms with Gasteiger partial charge in [0.15, 0.2) is 0 Å². The molecule has 4 nitrogen and oxygen atoms in total. The maximum absolute atomic E-state index is 11.2. The number of nitrogens with two attached hydrogens (primary N) is 1. The first kappa shape index (κ1) is 11.7. The van der Waals surface area contributed by atoms with E-state index in [4.69, 9.17) is 5.73 Å². The summed E-state index contributed by atoms with van der Waals surface area (Å²) >= 11 is 0. The molecule has 0 fully saturated rings. The molecule has 0 unspecified atom stereocenters. The number of hydrogen-bond donors (Lipinski definition) is 2. The molecule has 0 saturated heterocycles. The van der Waals surface area contributed by atoms with Crippen LogP contribution < -0.4 is 11.1 Å². The van der Waals surface area contributed by atoms with Gasteiger partial charge in [-0.2, -0.15) is 0 Å². The number of carbonyl (C=O) groups is 1. The number of hydrogen-bond acceptors (Lipinski definition) is 2. The van der Waals surface area contributed by atoms with Gasteiger partial charge in [-0.05, 0) is 30.0 Å². The van der Waals surface area contributed by atoms with E-state index in [1.807, 2.05) is 18.2 Å². The summed E-state index contributed by atoms with van der Waals surface area (Å²) in [5, 5.41) is 3.95. The third kappa shape index (κ3) is 2.47. The first-order valence-corrected chi connectivity index (χ1v) is 5.83. The van der Waals surface area contributed by atoms with Crippen LogP contribution in [0.3, 0.4) is 0 Å². The van der Waals surface area contributed by atoms with Crippen molar-refractivity contribution in [2.75, 3.05) is 11.9 Å². The fraction of sp³-hybridized carbons (Fsp3) is 0.308. The lowest BCUT2D eigenvalue weighted by Crippen LogP contribution is -2.21. The summed E-state index contributed by atoms with van der Waals surface area (Å²) in [4.78, 5) is 11.2. The molecule has 0 atom stereocenters. The van der Waals surface area contributed by atoms with Gasteiger partial charge in [-0.15, -0.1) is 0 Å². The van der Waals surface area contributed by atoms with Gasteiger partial charge in [0.1, 0.15) is 0 Å². The topological polar surface area (TPSA) is 60.0 Å². The van der Waals surface area contributed by atoms with E-state index < -0.39 is 0 Å². The van der Waals surface area contributed by atoms with Crippen LogP contribution >= 0.6 is 0 Å². The zero-order valence-electron chi connectivity index (χ0n) is 9.94. The van der Waals surface area contributed by atoms with E-state index in [0.29, 0.717) is 0 Å². The van der Waals surface area contributed by atoms with Gasteiger partial charge in [0.2, 0.25) is 5.91 Å². The summed E-state index contributed by atoms with van der Waals surface area (Å²) < 4.78 is 2.19. The molecule has 0 bridgehead atoms. The maximum atomic E-state index is 11.2. The lowest BCUT2D eigenvalue weighted by molar-refractivity contribution is -0.114. The Labute approximate surface area is 100 Å². The van der Waals surface area contributed by atoms with E-state index in [9.17, 15) is 4.79 Å². The molecule has 1 amide bonds. The van der Waals surface area contributed by atoms with Gasteiger partial charge < -0.3 is 15.6 Å². The molecule has 4 heteroatoms. The minimum absolute atomic E-state index is 0.00795. The molecule has 3 N–H and O–H groups in total. The van der Waals surface area contributed by atoms with Crippen molar-refractivity contribution in [1.29, 1.82) is 0 Å². The van der Waals surface area contributed by atoms with Crippen LogP contribution in [0, 0.1) is 0 Å². The highest BCUT2D eigenvalue weighted by Crippen LogP contribution is 2.20. The van der Waals surface area contributed by atoms with Crippen LogP contribution in [-0.4, -0.2) is 17.0 Å². The second-order valence-corrected chi connectivity index (χ2v) is 4.04. The molecule has 0 aliphatic heterocycles. The summed E-state index contributed by atoms with van der Waals surface area (Å²) in [6, 6.07) is 7.97. The van der Waals surface area contributed by atoms with Crippen molar-refractivity contribution in [1.82, 2.24) is 4.57 Å². The number of benzene rings is 1. The molecular weight excluding hydrogens is 214 g/mol. The van der Waals surface area contributed by atoms with Crippen molar-refractivity contribution >= 4 is 22.5 Å². The SMILES string of the molecule is CCCn1ccc2ccc(NC(=O)CN)cc21. The second-order valence-electron chi connectivity index (χ2n) is 4.04. The number of carbonyl (C=O) groups excluding carboxylic acids is 1. The average Bonchev–Trinajstić information content (AvgIpc) is 2.73. The van der Waals surface area contributed by atoms with Gasteiger partial charge in [-0.25, -0.2) is 0 Å². The zero-order valence-corrected chi connectivity index (χ0v) is 9.94. The number of anilines is 1. The molecule has 17 heavy (non-hydrogen) atoms. The van der Waals surface area contributed by atoms with Crippen molar-refractivity contribution in [2.45, 2.75) is 19.9 Å². The predicted molar refractivity (Wildman–Crippen MR) is 69.9 cm³/mol. The standard InChI is InChI=1S/C13H17N3O/c1-2-6-16-7-5-10-3-4-11(8-12(10)16)15-13(17)9-14/h3-5,7-8H,2,6,9,14H2,1H3,(H,15,17). The molecule has 1 heterocycles. The first-order chi connectivity index (χ1) is 8.24. The first-order valence-electron chi connectivity index (χ1n) is 5.83. The number of amides is 1. The number of fused-ring (bicyclic) bond motifs is 1. The van der Waals surface area contributed by atoms with Gasteiger partial charge in [0.05, 0.1) is 12.1 Å². The summed E-state index contributed by atoms with van der Waals surface area (Å²) in [6.45, 7) is 3.14. The van der Waals surface area contributed by atoms with Crippen LogP contribution in [0.5, 0.6) is 0 Å². The molecule has 0 aliphatic rings. The van der Waals surface area contributed by atoms with Crippen LogP contribution in [0.1, 0.15) is 13.3 Å². The van der Waals surface area contributed by atoms with Crippen LogP contribution in [0.2, 0.25) is 0 Å². The third-order valence-electron chi connectivity index (χ3n) is 2.71. The molecule has 1 aromatic heterocycles. The lowest BCUT2D eigenvalue weighted by atomic mass is 10.2. The summed E-state index contributed by atoms with van der Waals surface area (Å²) in [5.74, 6) is -0.169. The minimum Gasteiger partial charge on any atom is -0.347 e. The van der Waals surface area contributed by atoms with Crippen LogP contribution in [0.15, 0.2) is 30.5 Å². The van der Waals surface area contributed by atoms with Crippen LogP contribution in [0.25, 0.3) is 10.9 Å². The highest BCUT2D eigenvalue weighted by atomic mass is 16.1. The maximum Gasteiger partial charge on any atom is 0.238 e. The van der Waals surface area contributed by atoms with E-state index in [1.165, 1.54) is 5.39 Å². The average molecular weight is 231 g/mol. The highest BCUT2D eigenvalue weighted by molar-refractivity contribution is 5.94. The summed E-state index contributed by atoms with van der Waals surface area (Å²) in [7, 11) is 0. The Morgan fingerprint density at radius 1 is 1.41 bits per heavy atom. The number of nitrogens with zero attached hydrogens (tertiary/aromatic N) is 1. The quantitative estimate of drug-likeness (QED) is 0.844. The Kier molecular flexibility index (Phi) is 3.44. The van der Waals surface area contributed by atoms with Crippen LogP contribution in [-0.2, 0) is 11.3 Å². The van der Waals surface area contributed by atoms with E-state index in [-0.39, 0.29) is 12.5 Å². The van der Waals surface area contributed by atoms with E-state index in [1.54, 1.807) is 0 Å². The number of aryl methyl sites for hydroxylation is 1. The molecule has 0 spiro atoms.